The summed E-state index contributed by atoms with van der Waals surface area (Å²) in [5.74, 6) is 1.78. The maximum atomic E-state index is 5.04. The minimum absolute atomic E-state index is 0.747. The quantitative estimate of drug-likeness (QED) is 0.787. The van der Waals surface area contributed by atoms with Crippen LogP contribution >= 0.6 is 15.9 Å². The molecule has 0 aromatic carbocycles. The van der Waals surface area contributed by atoms with Crippen LogP contribution in [0.1, 0.15) is 31.8 Å². The lowest BCUT2D eigenvalue weighted by Crippen LogP contribution is -2.08. The summed E-state index contributed by atoms with van der Waals surface area (Å²) >= 11 is 3.55. The normalized spacial score (nSPS) is 10.6. The van der Waals surface area contributed by atoms with Crippen molar-refractivity contribution in [3.05, 3.63) is 16.0 Å². The van der Waals surface area contributed by atoms with Crippen LogP contribution in [0.3, 0.4) is 0 Å². The zero-order valence-corrected chi connectivity index (χ0v) is 12.3. The number of ether oxygens (including phenoxy) is 1. The summed E-state index contributed by atoms with van der Waals surface area (Å²) in [6.07, 6.45) is 2.71. The fourth-order valence-electron chi connectivity index (χ4n) is 1.55. The zero-order chi connectivity index (χ0) is 12.7. The van der Waals surface area contributed by atoms with Crippen LogP contribution in [0.25, 0.3) is 0 Å². The van der Waals surface area contributed by atoms with Crippen molar-refractivity contribution in [3.63, 3.8) is 0 Å². The van der Waals surface area contributed by atoms with Gasteiger partial charge in [0.05, 0.1) is 10.2 Å². The number of rotatable bonds is 7. The summed E-state index contributed by atoms with van der Waals surface area (Å²) in [5.41, 5.74) is 1.06. The second kappa shape index (κ2) is 7.61. The van der Waals surface area contributed by atoms with E-state index in [1.165, 1.54) is 0 Å². The Labute approximate surface area is 111 Å². The average Bonchev–Trinajstić information content (AvgIpc) is 2.33. The van der Waals surface area contributed by atoms with Gasteiger partial charge in [-0.25, -0.2) is 9.97 Å². The number of anilines is 1. The Morgan fingerprint density at radius 1 is 1.29 bits per heavy atom. The predicted octanol–water partition coefficient (Wildman–Crippen LogP) is 2.81. The van der Waals surface area contributed by atoms with E-state index in [1.54, 1.807) is 7.11 Å². The molecule has 0 aliphatic rings. The van der Waals surface area contributed by atoms with E-state index < -0.39 is 0 Å². The SMILES string of the molecule is CCNc1nc(CCCOC)nc(CC)c1Br. The average molecular weight is 302 g/mol. The van der Waals surface area contributed by atoms with Gasteiger partial charge in [0.25, 0.3) is 0 Å². The Morgan fingerprint density at radius 2 is 2.06 bits per heavy atom. The number of hydrogen-bond donors (Lipinski definition) is 1. The molecule has 1 rings (SSSR count). The third kappa shape index (κ3) is 4.24. The van der Waals surface area contributed by atoms with Gasteiger partial charge in [-0.15, -0.1) is 0 Å². The van der Waals surface area contributed by atoms with E-state index in [4.69, 9.17) is 4.74 Å². The van der Waals surface area contributed by atoms with Gasteiger partial charge in [-0.3, -0.25) is 0 Å². The predicted molar refractivity (Wildman–Crippen MR) is 73.5 cm³/mol. The monoisotopic (exact) mass is 301 g/mol. The van der Waals surface area contributed by atoms with Gasteiger partial charge in [0.2, 0.25) is 0 Å². The molecule has 0 saturated carbocycles. The van der Waals surface area contributed by atoms with Crippen molar-refractivity contribution in [1.82, 2.24) is 9.97 Å². The Hall–Kier alpha value is -0.680. The molecule has 1 N–H and O–H groups in total. The molecule has 17 heavy (non-hydrogen) atoms. The third-order valence-corrected chi connectivity index (χ3v) is 3.23. The fourth-order valence-corrected chi connectivity index (χ4v) is 2.15. The van der Waals surface area contributed by atoms with Crippen molar-refractivity contribution in [2.24, 2.45) is 0 Å². The van der Waals surface area contributed by atoms with E-state index in [1.807, 2.05) is 0 Å². The van der Waals surface area contributed by atoms with Crippen molar-refractivity contribution in [1.29, 1.82) is 0 Å². The lowest BCUT2D eigenvalue weighted by atomic mass is 10.2. The van der Waals surface area contributed by atoms with Crippen LogP contribution in [-0.2, 0) is 17.6 Å². The Morgan fingerprint density at radius 3 is 2.65 bits per heavy atom. The first kappa shape index (κ1) is 14.4. The molecule has 5 heteroatoms. The van der Waals surface area contributed by atoms with Gasteiger partial charge < -0.3 is 10.1 Å². The van der Waals surface area contributed by atoms with Gasteiger partial charge in [0.15, 0.2) is 0 Å². The van der Waals surface area contributed by atoms with Gasteiger partial charge in [-0.05, 0) is 35.7 Å². The molecule has 0 saturated heterocycles. The highest BCUT2D eigenvalue weighted by atomic mass is 79.9. The smallest absolute Gasteiger partial charge is 0.144 e. The number of methoxy groups -OCH3 is 1. The van der Waals surface area contributed by atoms with Crippen LogP contribution < -0.4 is 5.32 Å². The highest BCUT2D eigenvalue weighted by Gasteiger charge is 2.10. The maximum absolute atomic E-state index is 5.04. The van der Waals surface area contributed by atoms with E-state index in [2.05, 4.69) is 45.1 Å². The van der Waals surface area contributed by atoms with Crippen molar-refractivity contribution >= 4 is 21.7 Å². The molecule has 0 fully saturated rings. The molecule has 0 bridgehead atoms. The molecule has 0 atom stereocenters. The van der Waals surface area contributed by atoms with Crippen LogP contribution in [0.5, 0.6) is 0 Å². The summed E-state index contributed by atoms with van der Waals surface area (Å²) in [6.45, 7) is 5.76. The Kier molecular flexibility index (Phi) is 6.44. The highest BCUT2D eigenvalue weighted by Crippen LogP contribution is 2.24. The van der Waals surface area contributed by atoms with Crippen molar-refractivity contribution < 1.29 is 4.74 Å². The maximum Gasteiger partial charge on any atom is 0.144 e. The number of hydrogen-bond acceptors (Lipinski definition) is 4. The molecule has 1 aromatic heterocycles. The Bertz CT molecular complexity index is 358. The van der Waals surface area contributed by atoms with E-state index in [0.29, 0.717) is 0 Å². The minimum atomic E-state index is 0.747. The summed E-state index contributed by atoms with van der Waals surface area (Å²) in [5, 5.41) is 3.25. The van der Waals surface area contributed by atoms with Gasteiger partial charge in [-0.1, -0.05) is 6.92 Å². The molecular weight excluding hydrogens is 282 g/mol. The van der Waals surface area contributed by atoms with Crippen molar-refractivity contribution in [3.8, 4) is 0 Å². The number of aryl methyl sites for hydroxylation is 2. The third-order valence-electron chi connectivity index (χ3n) is 2.39. The molecule has 0 aliphatic heterocycles. The van der Waals surface area contributed by atoms with Crippen molar-refractivity contribution in [2.75, 3.05) is 25.6 Å². The van der Waals surface area contributed by atoms with E-state index >= 15 is 0 Å². The topological polar surface area (TPSA) is 47.0 Å². The first-order chi connectivity index (χ1) is 8.22. The van der Waals surface area contributed by atoms with Crippen LogP contribution in [-0.4, -0.2) is 30.2 Å². The largest absolute Gasteiger partial charge is 0.385 e. The molecule has 96 valence electrons. The molecule has 0 spiro atoms. The van der Waals surface area contributed by atoms with Gasteiger partial charge in [-0.2, -0.15) is 0 Å². The van der Waals surface area contributed by atoms with Gasteiger partial charge >= 0.3 is 0 Å². The molecule has 0 unspecified atom stereocenters. The van der Waals surface area contributed by atoms with E-state index in [-0.39, 0.29) is 0 Å². The Balaban J connectivity index is 2.86. The summed E-state index contributed by atoms with van der Waals surface area (Å²) < 4.78 is 6.02. The number of nitrogens with one attached hydrogen (secondary N) is 1. The number of halogens is 1. The molecular formula is C12H20BrN3O. The number of nitrogens with zero attached hydrogens (tertiary/aromatic N) is 2. The highest BCUT2D eigenvalue weighted by molar-refractivity contribution is 9.10. The van der Waals surface area contributed by atoms with Crippen LogP contribution in [0.2, 0.25) is 0 Å². The zero-order valence-electron chi connectivity index (χ0n) is 10.7. The van der Waals surface area contributed by atoms with Gasteiger partial charge in [0.1, 0.15) is 11.6 Å². The van der Waals surface area contributed by atoms with E-state index in [9.17, 15) is 0 Å². The summed E-state index contributed by atoms with van der Waals surface area (Å²) in [6, 6.07) is 0. The summed E-state index contributed by atoms with van der Waals surface area (Å²) in [4.78, 5) is 9.07. The van der Waals surface area contributed by atoms with Crippen LogP contribution in [0.4, 0.5) is 5.82 Å². The first-order valence-electron chi connectivity index (χ1n) is 6.01. The summed E-state index contributed by atoms with van der Waals surface area (Å²) in [7, 11) is 1.71. The minimum Gasteiger partial charge on any atom is -0.385 e. The van der Waals surface area contributed by atoms with Crippen LogP contribution in [0, 0.1) is 0 Å². The van der Waals surface area contributed by atoms with Crippen LogP contribution in [0.15, 0.2) is 4.47 Å². The molecule has 0 aliphatic carbocycles. The van der Waals surface area contributed by atoms with Gasteiger partial charge in [0, 0.05) is 26.7 Å². The second-order valence-electron chi connectivity index (χ2n) is 3.73. The first-order valence-corrected chi connectivity index (χ1v) is 6.80. The molecule has 4 nitrogen and oxygen atoms in total. The van der Waals surface area contributed by atoms with E-state index in [0.717, 1.165) is 54.2 Å². The number of aromatic nitrogens is 2. The standard InChI is InChI=1S/C12H20BrN3O/c1-4-9-11(13)12(14-5-2)16-10(15-9)7-6-8-17-3/h4-8H2,1-3H3,(H,14,15,16). The fraction of sp³-hybridized carbons (Fsp3) is 0.667. The molecule has 1 heterocycles. The second-order valence-corrected chi connectivity index (χ2v) is 4.52. The molecule has 0 amide bonds. The lowest BCUT2D eigenvalue weighted by Gasteiger charge is -2.11. The molecule has 0 radical (unpaired) electrons. The molecule has 1 aromatic rings. The lowest BCUT2D eigenvalue weighted by molar-refractivity contribution is 0.194. The van der Waals surface area contributed by atoms with Crippen molar-refractivity contribution in [2.45, 2.75) is 33.1 Å².